The Bertz CT molecular complexity index is 978. The average molecular weight is 431 g/mol. The zero-order valence-electron chi connectivity index (χ0n) is 15.0. The van der Waals surface area contributed by atoms with Gasteiger partial charge in [-0.25, -0.2) is 0 Å². The molecule has 28 heavy (non-hydrogen) atoms. The number of halogens is 1. The molecular formula is C19H15ClN4O2S2. The molecule has 2 aromatic carbocycles. The molecule has 0 aliphatic rings. The molecule has 0 N–H and O–H groups in total. The van der Waals surface area contributed by atoms with Gasteiger partial charge in [0.2, 0.25) is 0 Å². The van der Waals surface area contributed by atoms with E-state index in [1.165, 1.54) is 23.1 Å². The molecule has 0 bridgehead atoms. The summed E-state index contributed by atoms with van der Waals surface area (Å²) in [6.45, 7) is 0. The van der Waals surface area contributed by atoms with Crippen LogP contribution in [0.1, 0.15) is 15.1 Å². The van der Waals surface area contributed by atoms with Crippen molar-refractivity contribution in [1.82, 2.24) is 19.2 Å². The van der Waals surface area contributed by atoms with Gasteiger partial charge in [-0.05, 0) is 71.6 Å². The van der Waals surface area contributed by atoms with Crippen molar-refractivity contribution in [3.63, 3.8) is 0 Å². The van der Waals surface area contributed by atoms with Crippen LogP contribution in [0.25, 0.3) is 22.5 Å². The number of rotatable bonds is 6. The number of ether oxygens (including phenoxy) is 2. The van der Waals surface area contributed by atoms with Gasteiger partial charge in [-0.1, -0.05) is 8.98 Å². The molecule has 9 heteroatoms. The average Bonchev–Trinajstić information content (AvgIpc) is 3.43. The maximum atomic E-state index is 6.85. The van der Waals surface area contributed by atoms with E-state index in [0.29, 0.717) is 0 Å². The minimum Gasteiger partial charge on any atom is -0.497 e. The molecular weight excluding hydrogens is 416 g/mol. The minimum absolute atomic E-state index is 0.450. The standard InChI is InChI=1S/C19H15ClN4O2S2/c1-25-13-7-3-11(4-8-13)16-18(27-23-21-16)15(20)19-17(22-24-28-19)12-5-9-14(26-2)10-6-12/h3-10,15H,1-2H3. The molecule has 0 fully saturated rings. The summed E-state index contributed by atoms with van der Waals surface area (Å²) in [5.41, 5.74) is 3.36. The molecule has 6 nitrogen and oxygen atoms in total. The third-order valence-corrected chi connectivity index (χ3v) is 6.49. The highest BCUT2D eigenvalue weighted by atomic mass is 35.5. The molecule has 0 saturated heterocycles. The van der Waals surface area contributed by atoms with E-state index in [1.807, 2.05) is 48.5 Å². The quantitative estimate of drug-likeness (QED) is 0.398. The van der Waals surface area contributed by atoms with E-state index >= 15 is 0 Å². The third-order valence-electron chi connectivity index (χ3n) is 4.21. The van der Waals surface area contributed by atoms with E-state index in [9.17, 15) is 0 Å². The zero-order chi connectivity index (χ0) is 19.5. The maximum Gasteiger partial charge on any atom is 0.118 e. The lowest BCUT2D eigenvalue weighted by atomic mass is 10.1. The van der Waals surface area contributed by atoms with Gasteiger partial charge in [-0.3, -0.25) is 0 Å². The van der Waals surface area contributed by atoms with Gasteiger partial charge in [0.1, 0.15) is 28.3 Å². The third kappa shape index (κ3) is 3.58. The Morgan fingerprint density at radius 1 is 0.714 bits per heavy atom. The predicted molar refractivity (Wildman–Crippen MR) is 111 cm³/mol. The summed E-state index contributed by atoms with van der Waals surface area (Å²) in [5, 5.41) is 8.13. The lowest BCUT2D eigenvalue weighted by molar-refractivity contribution is 0.415. The van der Waals surface area contributed by atoms with Crippen molar-refractivity contribution in [3.8, 4) is 34.0 Å². The SMILES string of the molecule is COc1ccc(-c2nnsc2C(Cl)c2snnc2-c2ccc(OC)cc2)cc1. The molecule has 2 aromatic heterocycles. The molecule has 0 aliphatic carbocycles. The van der Waals surface area contributed by atoms with Gasteiger partial charge in [0.15, 0.2) is 0 Å². The number of methoxy groups -OCH3 is 2. The second-order valence-corrected chi connectivity index (χ2v) is 7.80. The molecule has 0 radical (unpaired) electrons. The number of aromatic nitrogens is 4. The van der Waals surface area contributed by atoms with Crippen LogP contribution < -0.4 is 9.47 Å². The van der Waals surface area contributed by atoms with Gasteiger partial charge in [0.05, 0.1) is 24.0 Å². The second-order valence-electron chi connectivity index (χ2n) is 5.79. The van der Waals surface area contributed by atoms with E-state index in [0.717, 1.165) is 43.8 Å². The summed E-state index contributed by atoms with van der Waals surface area (Å²) in [5.74, 6) is 1.56. The van der Waals surface area contributed by atoms with E-state index < -0.39 is 5.38 Å². The highest BCUT2D eigenvalue weighted by molar-refractivity contribution is 7.08. The highest BCUT2D eigenvalue weighted by Crippen LogP contribution is 2.42. The van der Waals surface area contributed by atoms with Crippen LogP contribution in [0.5, 0.6) is 11.5 Å². The fourth-order valence-electron chi connectivity index (χ4n) is 2.74. The summed E-state index contributed by atoms with van der Waals surface area (Å²) in [6, 6.07) is 15.3. The first-order valence-electron chi connectivity index (χ1n) is 8.28. The summed E-state index contributed by atoms with van der Waals surface area (Å²) in [7, 11) is 3.27. The van der Waals surface area contributed by atoms with Crippen molar-refractivity contribution in [3.05, 3.63) is 58.3 Å². The van der Waals surface area contributed by atoms with E-state index in [2.05, 4.69) is 19.2 Å². The molecule has 0 aliphatic heterocycles. The van der Waals surface area contributed by atoms with Crippen molar-refractivity contribution < 1.29 is 9.47 Å². The van der Waals surface area contributed by atoms with Gasteiger partial charge >= 0.3 is 0 Å². The van der Waals surface area contributed by atoms with Crippen LogP contribution >= 0.6 is 34.7 Å². The lowest BCUT2D eigenvalue weighted by Crippen LogP contribution is -1.94. The first-order valence-corrected chi connectivity index (χ1v) is 10.3. The normalized spacial score (nSPS) is 11.0. The van der Waals surface area contributed by atoms with Crippen molar-refractivity contribution >= 4 is 34.7 Å². The molecule has 0 atom stereocenters. The second kappa shape index (κ2) is 8.22. The van der Waals surface area contributed by atoms with Crippen molar-refractivity contribution in [2.75, 3.05) is 14.2 Å². The van der Waals surface area contributed by atoms with Crippen LogP contribution in [0.4, 0.5) is 0 Å². The number of hydrogen-bond acceptors (Lipinski definition) is 8. The Morgan fingerprint density at radius 2 is 1.11 bits per heavy atom. The molecule has 4 rings (SSSR count). The van der Waals surface area contributed by atoms with Crippen LogP contribution in [0, 0.1) is 0 Å². The maximum absolute atomic E-state index is 6.85. The molecule has 142 valence electrons. The van der Waals surface area contributed by atoms with Crippen LogP contribution in [-0.4, -0.2) is 33.4 Å². The zero-order valence-corrected chi connectivity index (χ0v) is 17.4. The first kappa shape index (κ1) is 18.8. The molecule has 0 unspecified atom stereocenters. The van der Waals surface area contributed by atoms with E-state index in [4.69, 9.17) is 21.1 Å². The Hall–Kier alpha value is -2.55. The lowest BCUT2D eigenvalue weighted by Gasteiger charge is -2.09. The summed E-state index contributed by atoms with van der Waals surface area (Å²) in [4.78, 5) is 1.71. The number of benzene rings is 2. The van der Waals surface area contributed by atoms with E-state index in [1.54, 1.807) is 14.2 Å². The van der Waals surface area contributed by atoms with Crippen LogP contribution in [0.3, 0.4) is 0 Å². The Morgan fingerprint density at radius 3 is 1.46 bits per heavy atom. The first-order chi connectivity index (χ1) is 13.7. The molecule has 0 spiro atoms. The fourth-order valence-corrected chi connectivity index (χ4v) is 4.60. The fraction of sp³-hybridized carbons (Fsp3) is 0.158. The van der Waals surface area contributed by atoms with Gasteiger partial charge in [0.25, 0.3) is 0 Å². The van der Waals surface area contributed by atoms with Gasteiger partial charge in [-0.2, -0.15) is 0 Å². The topological polar surface area (TPSA) is 70.0 Å². The van der Waals surface area contributed by atoms with Gasteiger partial charge < -0.3 is 9.47 Å². The number of nitrogens with zero attached hydrogens (tertiary/aromatic N) is 4. The van der Waals surface area contributed by atoms with E-state index in [-0.39, 0.29) is 0 Å². The predicted octanol–water partition coefficient (Wildman–Crippen LogP) is 5.07. The van der Waals surface area contributed by atoms with Crippen LogP contribution in [-0.2, 0) is 0 Å². The van der Waals surface area contributed by atoms with Gasteiger partial charge in [-0.15, -0.1) is 21.8 Å². The number of alkyl halides is 1. The summed E-state index contributed by atoms with van der Waals surface area (Å²) in [6.07, 6.45) is 0. The Labute approximate surface area is 175 Å². The highest BCUT2D eigenvalue weighted by Gasteiger charge is 2.26. The molecule has 2 heterocycles. The minimum atomic E-state index is -0.450. The van der Waals surface area contributed by atoms with Crippen molar-refractivity contribution in [1.29, 1.82) is 0 Å². The smallest absolute Gasteiger partial charge is 0.118 e. The molecule has 0 amide bonds. The summed E-state index contributed by atoms with van der Waals surface area (Å²) >= 11 is 9.41. The molecule has 4 aromatic rings. The van der Waals surface area contributed by atoms with Crippen molar-refractivity contribution in [2.45, 2.75) is 5.38 Å². The number of hydrogen-bond donors (Lipinski definition) is 0. The Balaban J connectivity index is 1.69. The summed E-state index contributed by atoms with van der Waals surface area (Å²) < 4.78 is 18.7. The Kier molecular flexibility index (Phi) is 5.52. The monoisotopic (exact) mass is 430 g/mol. The largest absolute Gasteiger partial charge is 0.497 e. The van der Waals surface area contributed by atoms with Crippen molar-refractivity contribution in [2.24, 2.45) is 0 Å². The molecule has 0 saturated carbocycles. The van der Waals surface area contributed by atoms with Crippen LogP contribution in [0.15, 0.2) is 48.5 Å². The van der Waals surface area contributed by atoms with Gasteiger partial charge in [0, 0.05) is 11.1 Å². The van der Waals surface area contributed by atoms with Crippen LogP contribution in [0.2, 0.25) is 0 Å².